The molecule has 0 spiro atoms. The summed E-state index contributed by atoms with van der Waals surface area (Å²) in [6.45, 7) is 3.78. The molecule has 0 aliphatic carbocycles. The van der Waals surface area contributed by atoms with Gasteiger partial charge in [-0.25, -0.2) is 4.98 Å². The van der Waals surface area contributed by atoms with Crippen LogP contribution in [0.3, 0.4) is 0 Å². The first-order valence-electron chi connectivity index (χ1n) is 6.87. The second-order valence-electron chi connectivity index (χ2n) is 4.95. The van der Waals surface area contributed by atoms with Gasteiger partial charge in [-0.3, -0.25) is 10.1 Å². The van der Waals surface area contributed by atoms with Crippen molar-refractivity contribution in [3.8, 4) is 0 Å². The zero-order valence-electron chi connectivity index (χ0n) is 12.3. The molecule has 0 fully saturated rings. The third-order valence-electron chi connectivity index (χ3n) is 3.31. The van der Waals surface area contributed by atoms with E-state index in [9.17, 15) is 4.79 Å². The van der Waals surface area contributed by atoms with Gasteiger partial charge < -0.3 is 9.51 Å². The van der Waals surface area contributed by atoms with Crippen molar-refractivity contribution in [3.63, 3.8) is 0 Å². The van der Waals surface area contributed by atoms with Gasteiger partial charge in [-0.1, -0.05) is 17.3 Å². The van der Waals surface area contributed by atoms with Crippen LogP contribution in [0.5, 0.6) is 0 Å². The summed E-state index contributed by atoms with van der Waals surface area (Å²) in [5.74, 6) is 2.25. The van der Waals surface area contributed by atoms with Crippen LogP contribution in [0.2, 0.25) is 0 Å². The van der Waals surface area contributed by atoms with Crippen LogP contribution in [-0.4, -0.2) is 26.8 Å². The lowest BCUT2D eigenvalue weighted by atomic mass is 10.2. The summed E-state index contributed by atoms with van der Waals surface area (Å²) in [4.78, 5) is 19.3. The fourth-order valence-electron chi connectivity index (χ4n) is 2.13. The number of anilines is 1. The Morgan fingerprint density at radius 3 is 2.91 bits per heavy atom. The molecule has 114 valence electrons. The van der Waals surface area contributed by atoms with Crippen LogP contribution in [-0.2, 0) is 10.5 Å². The van der Waals surface area contributed by atoms with Crippen LogP contribution >= 0.6 is 11.8 Å². The molecular formula is C15H16N4O2S. The van der Waals surface area contributed by atoms with Crippen molar-refractivity contribution in [1.82, 2.24) is 15.1 Å². The zero-order valence-corrected chi connectivity index (χ0v) is 13.2. The predicted molar refractivity (Wildman–Crippen MR) is 86.9 cm³/mol. The minimum atomic E-state index is -0.0872. The minimum Gasteiger partial charge on any atom is -0.361 e. The number of hydrogen-bond donors (Lipinski definition) is 2. The molecule has 1 aromatic carbocycles. The molecule has 22 heavy (non-hydrogen) atoms. The maximum atomic E-state index is 12.0. The first-order chi connectivity index (χ1) is 10.6. The number of amides is 1. The average molecular weight is 316 g/mol. The Morgan fingerprint density at radius 2 is 2.18 bits per heavy atom. The first-order valence-corrected chi connectivity index (χ1v) is 8.03. The van der Waals surface area contributed by atoms with Gasteiger partial charge in [-0.2, -0.15) is 0 Å². The molecule has 0 saturated heterocycles. The van der Waals surface area contributed by atoms with Crippen molar-refractivity contribution in [2.45, 2.75) is 19.6 Å². The van der Waals surface area contributed by atoms with Crippen molar-refractivity contribution in [3.05, 3.63) is 41.3 Å². The van der Waals surface area contributed by atoms with Crippen molar-refractivity contribution in [2.24, 2.45) is 0 Å². The lowest BCUT2D eigenvalue weighted by molar-refractivity contribution is -0.113. The Kier molecular flexibility index (Phi) is 4.15. The number of para-hydroxylation sites is 2. The molecule has 0 saturated carbocycles. The molecule has 6 nitrogen and oxygen atoms in total. The van der Waals surface area contributed by atoms with Crippen LogP contribution in [0.4, 0.5) is 5.95 Å². The van der Waals surface area contributed by atoms with E-state index in [1.54, 1.807) is 0 Å². The third-order valence-corrected chi connectivity index (χ3v) is 4.27. The van der Waals surface area contributed by atoms with Gasteiger partial charge in [0.15, 0.2) is 0 Å². The quantitative estimate of drug-likeness (QED) is 0.756. The summed E-state index contributed by atoms with van der Waals surface area (Å²) in [7, 11) is 0. The van der Waals surface area contributed by atoms with Crippen LogP contribution in [0.15, 0.2) is 28.8 Å². The van der Waals surface area contributed by atoms with E-state index in [1.165, 1.54) is 11.8 Å². The Morgan fingerprint density at radius 1 is 1.36 bits per heavy atom. The summed E-state index contributed by atoms with van der Waals surface area (Å²) in [5.41, 5.74) is 3.67. The molecule has 0 unspecified atom stereocenters. The molecule has 0 aliphatic rings. The SMILES string of the molecule is Cc1noc(C)c1CSCC(=O)Nc1nc2ccccc2[nH]1. The molecule has 2 aromatic heterocycles. The normalized spacial score (nSPS) is 11.0. The molecule has 3 aromatic rings. The molecule has 2 heterocycles. The van der Waals surface area contributed by atoms with Crippen molar-refractivity contribution in [1.29, 1.82) is 0 Å². The molecule has 2 N–H and O–H groups in total. The lowest BCUT2D eigenvalue weighted by Gasteiger charge is -2.02. The number of carbonyl (C=O) groups is 1. The number of carbonyl (C=O) groups excluding carboxylic acids is 1. The number of aromatic amines is 1. The Balaban J connectivity index is 1.54. The summed E-state index contributed by atoms with van der Waals surface area (Å²) in [6, 6.07) is 7.65. The monoisotopic (exact) mass is 316 g/mol. The van der Waals surface area contributed by atoms with Crippen LogP contribution < -0.4 is 5.32 Å². The largest absolute Gasteiger partial charge is 0.361 e. The van der Waals surface area contributed by atoms with Gasteiger partial charge in [0.25, 0.3) is 0 Å². The highest BCUT2D eigenvalue weighted by atomic mass is 32.2. The highest BCUT2D eigenvalue weighted by molar-refractivity contribution is 7.99. The van der Waals surface area contributed by atoms with Crippen molar-refractivity contribution in [2.75, 3.05) is 11.1 Å². The van der Waals surface area contributed by atoms with E-state index in [4.69, 9.17) is 4.52 Å². The molecule has 3 rings (SSSR count). The summed E-state index contributed by atoms with van der Waals surface area (Å²) >= 11 is 1.52. The molecule has 0 aliphatic heterocycles. The second kappa shape index (κ2) is 6.23. The van der Waals surface area contributed by atoms with Crippen LogP contribution in [0.1, 0.15) is 17.0 Å². The van der Waals surface area contributed by atoms with Crippen LogP contribution in [0, 0.1) is 13.8 Å². The highest BCUT2D eigenvalue weighted by Crippen LogP contribution is 2.19. The van der Waals surface area contributed by atoms with Crippen molar-refractivity contribution < 1.29 is 9.32 Å². The van der Waals surface area contributed by atoms with E-state index in [0.717, 1.165) is 28.1 Å². The average Bonchev–Trinajstić information content (AvgIpc) is 3.03. The minimum absolute atomic E-state index is 0.0872. The number of fused-ring (bicyclic) bond motifs is 1. The lowest BCUT2D eigenvalue weighted by Crippen LogP contribution is -2.15. The topological polar surface area (TPSA) is 83.8 Å². The fraction of sp³-hybridized carbons (Fsp3) is 0.267. The first kappa shape index (κ1) is 14.6. The summed E-state index contributed by atoms with van der Waals surface area (Å²) in [6.07, 6.45) is 0. The standard InChI is InChI=1S/C15H16N4O2S/c1-9-11(10(2)21-19-9)7-22-8-14(20)18-15-16-12-5-3-4-6-13(12)17-15/h3-6H,7-8H2,1-2H3,(H2,16,17,18,20). The van der Waals surface area contributed by atoms with E-state index in [0.29, 0.717) is 17.5 Å². The van der Waals surface area contributed by atoms with Crippen molar-refractivity contribution >= 4 is 34.7 Å². The van der Waals surface area contributed by atoms with E-state index >= 15 is 0 Å². The van der Waals surface area contributed by atoms with Gasteiger partial charge in [0, 0.05) is 11.3 Å². The molecule has 0 radical (unpaired) electrons. The van der Waals surface area contributed by atoms with Gasteiger partial charge in [-0.05, 0) is 26.0 Å². The number of aromatic nitrogens is 3. The van der Waals surface area contributed by atoms with E-state index in [-0.39, 0.29) is 5.91 Å². The van der Waals surface area contributed by atoms with Gasteiger partial charge in [0.1, 0.15) is 5.76 Å². The van der Waals surface area contributed by atoms with Gasteiger partial charge in [0.2, 0.25) is 11.9 Å². The molecule has 1 amide bonds. The highest BCUT2D eigenvalue weighted by Gasteiger charge is 2.11. The zero-order chi connectivity index (χ0) is 15.5. The molecule has 0 bridgehead atoms. The smallest absolute Gasteiger partial charge is 0.236 e. The third kappa shape index (κ3) is 3.14. The molecular weight excluding hydrogens is 300 g/mol. The van der Waals surface area contributed by atoms with Gasteiger partial charge >= 0.3 is 0 Å². The number of benzene rings is 1. The number of hydrogen-bond acceptors (Lipinski definition) is 5. The van der Waals surface area contributed by atoms with E-state index in [2.05, 4.69) is 20.4 Å². The Bertz CT molecular complexity index is 756. The second-order valence-corrected chi connectivity index (χ2v) is 5.93. The Labute approximate surface area is 131 Å². The number of aryl methyl sites for hydroxylation is 2. The maximum absolute atomic E-state index is 12.0. The Hall–Kier alpha value is -2.28. The fourth-order valence-corrected chi connectivity index (χ4v) is 3.11. The predicted octanol–water partition coefficient (Wildman–Crippen LogP) is 3.04. The number of rotatable bonds is 5. The van der Waals surface area contributed by atoms with Crippen LogP contribution in [0.25, 0.3) is 11.0 Å². The van der Waals surface area contributed by atoms with E-state index in [1.807, 2.05) is 38.1 Å². The summed E-state index contributed by atoms with van der Waals surface area (Å²) < 4.78 is 5.10. The van der Waals surface area contributed by atoms with Gasteiger partial charge in [0.05, 0.1) is 22.5 Å². The number of nitrogens with one attached hydrogen (secondary N) is 2. The number of imidazole rings is 1. The van der Waals surface area contributed by atoms with Gasteiger partial charge in [-0.15, -0.1) is 11.8 Å². The summed E-state index contributed by atoms with van der Waals surface area (Å²) in [5, 5.41) is 6.68. The molecule has 7 heteroatoms. The van der Waals surface area contributed by atoms with E-state index < -0.39 is 0 Å². The maximum Gasteiger partial charge on any atom is 0.236 e. The molecule has 0 atom stereocenters. The number of nitrogens with zero attached hydrogens (tertiary/aromatic N) is 2. The number of H-pyrrole nitrogens is 1. The number of thioether (sulfide) groups is 1.